The van der Waals surface area contributed by atoms with E-state index in [4.69, 9.17) is 0 Å². The molecule has 3 rings (SSSR count). The van der Waals surface area contributed by atoms with Crippen molar-refractivity contribution in [2.45, 2.75) is 19.3 Å². The summed E-state index contributed by atoms with van der Waals surface area (Å²) in [6, 6.07) is 15.4. The molecule has 2 aromatic rings. The van der Waals surface area contributed by atoms with Crippen molar-refractivity contribution >= 4 is 17.6 Å². The zero-order valence-corrected chi connectivity index (χ0v) is 15.2. The van der Waals surface area contributed by atoms with E-state index >= 15 is 0 Å². The third-order valence-corrected chi connectivity index (χ3v) is 4.70. The molecule has 1 aliphatic rings. The molecular weight excluding hydrogens is 345 g/mol. The lowest BCUT2D eigenvalue weighted by Crippen LogP contribution is -2.39. The van der Waals surface area contributed by atoms with Crippen molar-refractivity contribution in [1.29, 1.82) is 0 Å². The third kappa shape index (κ3) is 5.54. The van der Waals surface area contributed by atoms with Gasteiger partial charge in [0.15, 0.2) is 0 Å². The number of para-hydroxylation sites is 1. The first-order chi connectivity index (χ1) is 13.1. The van der Waals surface area contributed by atoms with Gasteiger partial charge in [-0.15, -0.1) is 0 Å². The second-order valence-electron chi connectivity index (χ2n) is 6.64. The van der Waals surface area contributed by atoms with E-state index in [1.54, 1.807) is 17.0 Å². The number of benzene rings is 2. The number of hydrogen-bond donors (Lipinski definition) is 1. The van der Waals surface area contributed by atoms with E-state index in [9.17, 15) is 14.0 Å². The maximum absolute atomic E-state index is 12.9. The fourth-order valence-electron chi connectivity index (χ4n) is 3.15. The molecule has 0 radical (unpaired) electrons. The maximum atomic E-state index is 12.9. The van der Waals surface area contributed by atoms with Gasteiger partial charge in [0, 0.05) is 38.3 Å². The summed E-state index contributed by atoms with van der Waals surface area (Å²) < 4.78 is 12.9. The Morgan fingerprint density at radius 2 is 1.56 bits per heavy atom. The van der Waals surface area contributed by atoms with Crippen LogP contribution in [0.5, 0.6) is 0 Å². The van der Waals surface area contributed by atoms with Crippen LogP contribution in [-0.4, -0.2) is 47.9 Å². The third-order valence-electron chi connectivity index (χ3n) is 4.70. The molecule has 27 heavy (non-hydrogen) atoms. The average Bonchev–Trinajstić information content (AvgIpc) is 2.94. The highest BCUT2D eigenvalue weighted by Crippen LogP contribution is 2.11. The Hall–Kier alpha value is -2.89. The summed E-state index contributed by atoms with van der Waals surface area (Å²) in [6.07, 6.45) is 1.74. The summed E-state index contributed by atoms with van der Waals surface area (Å²) in [5, 5.41) is 2.89. The van der Waals surface area contributed by atoms with Crippen molar-refractivity contribution in [3.8, 4) is 0 Å². The highest BCUT2D eigenvalue weighted by atomic mass is 19.1. The lowest BCUT2D eigenvalue weighted by molar-refractivity contribution is -0.131. The Morgan fingerprint density at radius 1 is 0.889 bits per heavy atom. The molecule has 2 aromatic carbocycles. The van der Waals surface area contributed by atoms with E-state index in [1.165, 1.54) is 12.1 Å². The van der Waals surface area contributed by atoms with Crippen molar-refractivity contribution in [3.63, 3.8) is 0 Å². The molecule has 0 unspecified atom stereocenters. The topological polar surface area (TPSA) is 52.7 Å². The van der Waals surface area contributed by atoms with Gasteiger partial charge < -0.3 is 15.1 Å². The fourth-order valence-corrected chi connectivity index (χ4v) is 3.15. The number of hydrogen-bond acceptors (Lipinski definition) is 2. The largest absolute Gasteiger partial charge is 0.341 e. The second kappa shape index (κ2) is 9.16. The molecular formula is C21H24FN3O2. The van der Waals surface area contributed by atoms with Crippen LogP contribution in [0.25, 0.3) is 0 Å². The number of urea groups is 1. The first kappa shape index (κ1) is 18.9. The highest BCUT2D eigenvalue weighted by molar-refractivity contribution is 5.89. The molecule has 142 valence electrons. The van der Waals surface area contributed by atoms with Gasteiger partial charge in [-0.05, 0) is 42.7 Å². The van der Waals surface area contributed by atoms with Gasteiger partial charge in [0.05, 0.1) is 0 Å². The predicted octanol–water partition coefficient (Wildman–Crippen LogP) is 3.52. The first-order valence-corrected chi connectivity index (χ1v) is 9.25. The number of aryl methyl sites for hydroxylation is 1. The van der Waals surface area contributed by atoms with E-state index in [-0.39, 0.29) is 17.8 Å². The van der Waals surface area contributed by atoms with Crippen molar-refractivity contribution in [2.24, 2.45) is 0 Å². The van der Waals surface area contributed by atoms with Crippen LogP contribution in [0, 0.1) is 5.82 Å². The van der Waals surface area contributed by atoms with Crippen LogP contribution < -0.4 is 5.32 Å². The summed E-state index contributed by atoms with van der Waals surface area (Å²) in [6.45, 7) is 2.32. The zero-order valence-electron chi connectivity index (χ0n) is 15.2. The quantitative estimate of drug-likeness (QED) is 0.896. The Bertz CT molecular complexity index is 765. The molecule has 1 N–H and O–H groups in total. The van der Waals surface area contributed by atoms with Gasteiger partial charge in [-0.1, -0.05) is 30.3 Å². The summed E-state index contributed by atoms with van der Waals surface area (Å²) in [4.78, 5) is 28.5. The van der Waals surface area contributed by atoms with Crippen molar-refractivity contribution in [3.05, 3.63) is 66.0 Å². The van der Waals surface area contributed by atoms with Crippen LogP contribution in [-0.2, 0) is 11.2 Å². The molecule has 1 heterocycles. The molecule has 1 saturated heterocycles. The van der Waals surface area contributed by atoms with Crippen LogP contribution in [0.2, 0.25) is 0 Å². The van der Waals surface area contributed by atoms with Crippen LogP contribution in [0.15, 0.2) is 54.6 Å². The van der Waals surface area contributed by atoms with Gasteiger partial charge in [-0.25, -0.2) is 9.18 Å². The van der Waals surface area contributed by atoms with Gasteiger partial charge >= 0.3 is 6.03 Å². The molecule has 0 saturated carbocycles. The molecule has 1 fully saturated rings. The van der Waals surface area contributed by atoms with Gasteiger partial charge in [-0.2, -0.15) is 0 Å². The highest BCUT2D eigenvalue weighted by Gasteiger charge is 2.21. The number of carbonyl (C=O) groups excluding carboxylic acids is 2. The fraction of sp³-hybridized carbons (Fsp3) is 0.333. The van der Waals surface area contributed by atoms with Crippen LogP contribution in [0.1, 0.15) is 18.4 Å². The monoisotopic (exact) mass is 369 g/mol. The first-order valence-electron chi connectivity index (χ1n) is 9.25. The number of carbonyl (C=O) groups is 2. The smallest absolute Gasteiger partial charge is 0.321 e. The molecule has 0 spiro atoms. The lowest BCUT2D eigenvalue weighted by atomic mass is 10.1. The molecule has 0 atom stereocenters. The lowest BCUT2D eigenvalue weighted by Gasteiger charge is -2.22. The molecule has 6 heteroatoms. The van der Waals surface area contributed by atoms with Crippen molar-refractivity contribution < 1.29 is 14.0 Å². The van der Waals surface area contributed by atoms with Gasteiger partial charge in [0.1, 0.15) is 5.82 Å². The summed E-state index contributed by atoms with van der Waals surface area (Å²) in [5.74, 6) is -0.198. The van der Waals surface area contributed by atoms with Crippen molar-refractivity contribution in [1.82, 2.24) is 9.80 Å². The molecule has 5 nitrogen and oxygen atoms in total. The molecule has 0 bridgehead atoms. The average molecular weight is 369 g/mol. The van der Waals surface area contributed by atoms with Crippen molar-refractivity contribution in [2.75, 3.05) is 31.5 Å². The summed E-state index contributed by atoms with van der Waals surface area (Å²) in [5.41, 5.74) is 1.71. The van der Waals surface area contributed by atoms with Crippen LogP contribution >= 0.6 is 0 Å². The van der Waals surface area contributed by atoms with Crippen LogP contribution in [0.4, 0.5) is 14.9 Å². The van der Waals surface area contributed by atoms with E-state index in [2.05, 4.69) is 5.32 Å². The maximum Gasteiger partial charge on any atom is 0.321 e. The minimum Gasteiger partial charge on any atom is -0.341 e. The summed E-state index contributed by atoms with van der Waals surface area (Å²) >= 11 is 0. The Labute approximate surface area is 158 Å². The predicted molar refractivity (Wildman–Crippen MR) is 103 cm³/mol. The van der Waals surface area contributed by atoms with Gasteiger partial charge in [0.2, 0.25) is 5.91 Å². The second-order valence-corrected chi connectivity index (χ2v) is 6.64. The normalized spacial score (nSPS) is 14.6. The van der Waals surface area contributed by atoms with Crippen LogP contribution in [0.3, 0.4) is 0 Å². The minimum atomic E-state index is -0.272. The standard InChI is InChI=1S/C21H24FN3O2/c22-18-10-7-17(8-11-18)9-12-20(26)24-13-4-14-25(16-15-24)21(27)23-19-5-2-1-3-6-19/h1-3,5-8,10-11H,4,9,12-16H2,(H,23,27). The number of nitrogens with one attached hydrogen (secondary N) is 1. The number of halogens is 1. The molecule has 0 aliphatic carbocycles. The summed E-state index contributed by atoms with van der Waals surface area (Å²) in [7, 11) is 0. The Balaban J connectivity index is 1.47. The number of anilines is 1. The Morgan fingerprint density at radius 3 is 2.30 bits per heavy atom. The van der Waals surface area contributed by atoms with E-state index in [1.807, 2.05) is 35.2 Å². The molecule has 0 aromatic heterocycles. The number of nitrogens with zero attached hydrogens (tertiary/aromatic N) is 2. The zero-order chi connectivity index (χ0) is 19.1. The Kier molecular flexibility index (Phi) is 6.41. The molecule has 3 amide bonds. The van der Waals surface area contributed by atoms with Gasteiger partial charge in [0.25, 0.3) is 0 Å². The molecule has 1 aliphatic heterocycles. The SMILES string of the molecule is O=C(CCc1ccc(F)cc1)N1CCCN(C(=O)Nc2ccccc2)CC1. The number of amides is 3. The van der Waals surface area contributed by atoms with E-state index in [0.717, 1.165) is 17.7 Å². The van der Waals surface area contributed by atoms with E-state index in [0.29, 0.717) is 39.0 Å². The van der Waals surface area contributed by atoms with E-state index < -0.39 is 0 Å². The number of rotatable bonds is 4. The van der Waals surface area contributed by atoms with Gasteiger partial charge in [-0.3, -0.25) is 4.79 Å². The minimum absolute atomic E-state index is 0.0737.